The first kappa shape index (κ1) is 27.2. The molecule has 5 aromatic rings. The highest BCUT2D eigenvalue weighted by molar-refractivity contribution is 5.77. The van der Waals surface area contributed by atoms with Crippen molar-refractivity contribution in [3.8, 4) is 5.88 Å². The van der Waals surface area contributed by atoms with Gasteiger partial charge in [0.2, 0.25) is 5.88 Å². The normalized spacial score (nSPS) is 19.1. The average Bonchev–Trinajstić information content (AvgIpc) is 3.36. The minimum absolute atomic E-state index is 0.00608. The molecule has 6 rings (SSSR count). The minimum atomic E-state index is 0.00608. The summed E-state index contributed by atoms with van der Waals surface area (Å²) in [6.45, 7) is 8.95. The summed E-state index contributed by atoms with van der Waals surface area (Å²) in [7, 11) is 1.62. The van der Waals surface area contributed by atoms with Crippen LogP contribution >= 0.6 is 0 Å². The van der Waals surface area contributed by atoms with Crippen LogP contribution in [0, 0.1) is 6.92 Å². The van der Waals surface area contributed by atoms with Crippen LogP contribution in [0.4, 0.5) is 0 Å². The molecule has 1 aliphatic heterocycles. The van der Waals surface area contributed by atoms with Crippen LogP contribution in [0.2, 0.25) is 0 Å². The summed E-state index contributed by atoms with van der Waals surface area (Å²) in [6.07, 6.45) is 4.00. The summed E-state index contributed by atoms with van der Waals surface area (Å²) in [5, 5.41) is 0. The van der Waals surface area contributed by atoms with Crippen LogP contribution in [-0.2, 0) is 19.5 Å². The first-order chi connectivity index (χ1) is 20.0. The van der Waals surface area contributed by atoms with Crippen LogP contribution < -0.4 is 10.3 Å². The predicted molar refractivity (Wildman–Crippen MR) is 163 cm³/mol. The first-order valence-electron chi connectivity index (χ1n) is 14.9. The van der Waals surface area contributed by atoms with Crippen LogP contribution in [0.3, 0.4) is 0 Å². The Morgan fingerprint density at radius 1 is 0.951 bits per heavy atom. The number of aryl methyl sites for hydroxylation is 3. The Morgan fingerprint density at radius 3 is 2.34 bits per heavy atom. The number of quaternary nitrogens is 1. The van der Waals surface area contributed by atoms with Crippen molar-refractivity contribution in [2.75, 3.05) is 26.7 Å². The molecule has 2 aromatic carbocycles. The summed E-state index contributed by atoms with van der Waals surface area (Å²) >= 11 is 0. The summed E-state index contributed by atoms with van der Waals surface area (Å²) in [4.78, 5) is 23.5. The third-order valence-corrected chi connectivity index (χ3v) is 8.98. The number of hydrogen-bond donors (Lipinski definition) is 0. The number of benzene rings is 2. The lowest BCUT2D eigenvalue weighted by atomic mass is 9.87. The maximum atomic E-state index is 13.9. The molecule has 0 radical (unpaired) electrons. The van der Waals surface area contributed by atoms with Gasteiger partial charge in [-0.25, -0.2) is 4.98 Å². The molecule has 1 fully saturated rings. The van der Waals surface area contributed by atoms with E-state index >= 15 is 0 Å². The number of pyridine rings is 1. The molecule has 0 spiro atoms. The van der Waals surface area contributed by atoms with Crippen molar-refractivity contribution in [3.63, 3.8) is 0 Å². The molecule has 7 heteroatoms. The number of ether oxygens (including phenoxy) is 1. The van der Waals surface area contributed by atoms with Gasteiger partial charge in [-0.2, -0.15) is 4.98 Å². The number of rotatable bonds is 9. The monoisotopic (exact) mass is 550 g/mol. The molecule has 0 amide bonds. The van der Waals surface area contributed by atoms with E-state index in [2.05, 4.69) is 67.6 Å². The summed E-state index contributed by atoms with van der Waals surface area (Å²) < 4.78 is 10.4. The van der Waals surface area contributed by atoms with E-state index in [9.17, 15) is 4.79 Å². The highest BCUT2D eigenvalue weighted by Gasteiger charge is 2.34. The first-order valence-corrected chi connectivity index (χ1v) is 14.9. The average molecular weight is 551 g/mol. The predicted octanol–water partition coefficient (Wildman–Crippen LogP) is 5.91. The SMILES string of the molecule is CCc1nc(C)c2c(=O)n(CCC[N+]3(Cc4ccccc4)CCC(c4ccccc4)CC3)c3ccc(OC)nc3n12. The molecule has 212 valence electrons. The topological polar surface area (TPSA) is 61.4 Å². The van der Waals surface area contributed by atoms with Crippen LogP contribution in [0.25, 0.3) is 16.7 Å². The van der Waals surface area contributed by atoms with Gasteiger partial charge in [0.25, 0.3) is 5.56 Å². The molecule has 4 heterocycles. The van der Waals surface area contributed by atoms with Crippen molar-refractivity contribution >= 4 is 16.7 Å². The molecule has 7 nitrogen and oxygen atoms in total. The fraction of sp³-hybridized carbons (Fsp3) is 0.382. The molecule has 1 saturated heterocycles. The van der Waals surface area contributed by atoms with E-state index in [0.29, 0.717) is 23.9 Å². The number of piperidine rings is 1. The van der Waals surface area contributed by atoms with Gasteiger partial charge in [-0.05, 0) is 24.5 Å². The molecular weight excluding hydrogens is 510 g/mol. The van der Waals surface area contributed by atoms with Crippen molar-refractivity contribution in [2.24, 2.45) is 0 Å². The number of fused-ring (bicyclic) bond motifs is 3. The summed E-state index contributed by atoms with van der Waals surface area (Å²) in [5.41, 5.74) is 5.78. The number of imidazole rings is 1. The fourth-order valence-electron chi connectivity index (χ4n) is 6.84. The largest absolute Gasteiger partial charge is 0.481 e. The molecule has 0 aliphatic carbocycles. The number of likely N-dealkylation sites (tertiary alicyclic amines) is 1. The molecular formula is C34H40N5O2+. The molecule has 1 aliphatic rings. The van der Waals surface area contributed by atoms with Crippen LogP contribution in [0.5, 0.6) is 5.88 Å². The molecule has 0 N–H and O–H groups in total. The fourth-order valence-corrected chi connectivity index (χ4v) is 6.84. The Bertz CT molecular complexity index is 1700. The van der Waals surface area contributed by atoms with Crippen LogP contribution in [-0.4, -0.2) is 50.2 Å². The Balaban J connectivity index is 1.30. The van der Waals surface area contributed by atoms with Gasteiger partial charge in [-0.3, -0.25) is 9.20 Å². The zero-order valence-electron chi connectivity index (χ0n) is 24.4. The lowest BCUT2D eigenvalue weighted by Crippen LogP contribution is -2.52. The van der Waals surface area contributed by atoms with E-state index in [0.717, 1.165) is 66.2 Å². The van der Waals surface area contributed by atoms with Gasteiger partial charge in [0.1, 0.15) is 17.9 Å². The maximum absolute atomic E-state index is 13.9. The molecule has 3 aromatic heterocycles. The number of hydrogen-bond acceptors (Lipinski definition) is 4. The Kier molecular flexibility index (Phi) is 7.63. The van der Waals surface area contributed by atoms with Crippen molar-refractivity contribution in [2.45, 2.75) is 58.5 Å². The highest BCUT2D eigenvalue weighted by atomic mass is 16.5. The van der Waals surface area contributed by atoms with E-state index < -0.39 is 0 Å². The van der Waals surface area contributed by atoms with Crippen molar-refractivity contribution in [3.05, 3.63) is 106 Å². The minimum Gasteiger partial charge on any atom is -0.481 e. The van der Waals surface area contributed by atoms with Gasteiger partial charge >= 0.3 is 0 Å². The highest BCUT2D eigenvalue weighted by Crippen LogP contribution is 2.33. The van der Waals surface area contributed by atoms with Gasteiger partial charge in [0.05, 0.1) is 38.0 Å². The molecule has 0 saturated carbocycles. The lowest BCUT2D eigenvalue weighted by Gasteiger charge is -2.44. The van der Waals surface area contributed by atoms with Crippen molar-refractivity contribution in [1.29, 1.82) is 0 Å². The number of aromatic nitrogens is 4. The van der Waals surface area contributed by atoms with Crippen LogP contribution in [0.1, 0.15) is 54.7 Å². The van der Waals surface area contributed by atoms with E-state index in [-0.39, 0.29) is 5.56 Å². The van der Waals surface area contributed by atoms with E-state index in [1.54, 1.807) is 7.11 Å². The summed E-state index contributed by atoms with van der Waals surface area (Å²) in [5.74, 6) is 2.00. The van der Waals surface area contributed by atoms with Gasteiger partial charge in [-0.1, -0.05) is 67.6 Å². The summed E-state index contributed by atoms with van der Waals surface area (Å²) in [6, 6.07) is 25.7. The standard InChI is InChI=1S/C34H40N5O2/c1-4-30-35-25(2)32-34(40)37(29-16-17-31(41-3)36-33(29)38(30)32)20-11-21-39(24-26-12-7-5-8-13-26)22-18-28(19-23-39)27-14-9-6-10-15-27/h5-10,12-17,28H,4,11,18-24H2,1-3H3/q+1. The van der Waals surface area contributed by atoms with Crippen molar-refractivity contribution < 1.29 is 9.22 Å². The molecule has 0 bridgehead atoms. The smallest absolute Gasteiger partial charge is 0.277 e. The maximum Gasteiger partial charge on any atom is 0.277 e. The lowest BCUT2D eigenvalue weighted by molar-refractivity contribution is -0.945. The Hall–Kier alpha value is -3.97. The molecule has 41 heavy (non-hydrogen) atoms. The number of methoxy groups -OCH3 is 1. The van der Waals surface area contributed by atoms with Gasteiger partial charge < -0.3 is 13.8 Å². The Morgan fingerprint density at radius 2 is 1.66 bits per heavy atom. The zero-order chi connectivity index (χ0) is 28.4. The second kappa shape index (κ2) is 11.5. The quantitative estimate of drug-likeness (QED) is 0.214. The van der Waals surface area contributed by atoms with E-state index in [4.69, 9.17) is 14.7 Å². The van der Waals surface area contributed by atoms with E-state index in [1.807, 2.05) is 28.0 Å². The second-order valence-electron chi connectivity index (χ2n) is 11.5. The molecule has 0 atom stereocenters. The van der Waals surface area contributed by atoms with E-state index in [1.165, 1.54) is 24.0 Å². The van der Waals surface area contributed by atoms with Gasteiger partial charge in [0.15, 0.2) is 5.65 Å². The van der Waals surface area contributed by atoms with Crippen molar-refractivity contribution in [1.82, 2.24) is 18.9 Å². The third kappa shape index (κ3) is 5.26. The second-order valence-corrected chi connectivity index (χ2v) is 11.5. The molecule has 0 unspecified atom stereocenters. The Labute approximate surface area is 241 Å². The van der Waals surface area contributed by atoms with Crippen LogP contribution in [0.15, 0.2) is 77.6 Å². The van der Waals surface area contributed by atoms with Gasteiger partial charge in [-0.15, -0.1) is 0 Å². The van der Waals surface area contributed by atoms with Gasteiger partial charge in [0, 0.05) is 43.9 Å². The number of nitrogens with zero attached hydrogens (tertiary/aromatic N) is 5. The zero-order valence-corrected chi connectivity index (χ0v) is 24.4. The third-order valence-electron chi connectivity index (χ3n) is 8.98.